The van der Waals surface area contributed by atoms with Crippen LogP contribution in [0.1, 0.15) is 39.5 Å². The Hall–Kier alpha value is -2.41. The number of carboxylic acids is 1. The Balaban J connectivity index is 1.90. The molecule has 1 fully saturated rings. The molecule has 124 valence electrons. The Bertz CT molecular complexity index is 737. The van der Waals surface area contributed by atoms with Gasteiger partial charge in [0.2, 0.25) is 0 Å². The zero-order valence-electron chi connectivity index (χ0n) is 13.1. The molecular formula is C17H17N3O3S. The molecule has 2 unspecified atom stereocenters. The van der Waals surface area contributed by atoms with Crippen molar-refractivity contribution < 1.29 is 14.7 Å². The van der Waals surface area contributed by atoms with Crippen LogP contribution in [0.4, 0.5) is 0 Å². The van der Waals surface area contributed by atoms with E-state index in [1.807, 2.05) is 42.1 Å². The number of amides is 1. The fourth-order valence-corrected chi connectivity index (χ4v) is 4.01. The van der Waals surface area contributed by atoms with Gasteiger partial charge in [-0.15, -0.1) is 0 Å². The summed E-state index contributed by atoms with van der Waals surface area (Å²) in [4.78, 5) is 33.3. The molecule has 0 radical (unpaired) electrons. The van der Waals surface area contributed by atoms with Gasteiger partial charge in [-0.2, -0.15) is 11.8 Å². The van der Waals surface area contributed by atoms with Gasteiger partial charge in [0.05, 0.1) is 18.4 Å². The Morgan fingerprint density at radius 3 is 2.46 bits per heavy atom. The monoisotopic (exact) mass is 343 g/mol. The molecule has 0 aliphatic carbocycles. The number of carbonyl (C=O) groups excluding carboxylic acids is 1. The highest BCUT2D eigenvalue weighted by atomic mass is 32.2. The van der Waals surface area contributed by atoms with Crippen LogP contribution < -0.4 is 0 Å². The summed E-state index contributed by atoms with van der Waals surface area (Å²) in [6.07, 6.45) is 2.36. The van der Waals surface area contributed by atoms with Gasteiger partial charge in [0.15, 0.2) is 5.69 Å². The van der Waals surface area contributed by atoms with Crippen LogP contribution in [0.3, 0.4) is 0 Å². The van der Waals surface area contributed by atoms with Crippen molar-refractivity contribution in [1.29, 1.82) is 0 Å². The third kappa shape index (κ3) is 3.26. The van der Waals surface area contributed by atoms with Crippen LogP contribution in [0.25, 0.3) is 0 Å². The third-order valence-electron chi connectivity index (χ3n) is 3.99. The summed E-state index contributed by atoms with van der Waals surface area (Å²) in [7, 11) is 0. The summed E-state index contributed by atoms with van der Waals surface area (Å²) >= 11 is 1.84. The number of aromatic carboxylic acids is 1. The highest BCUT2D eigenvalue weighted by Crippen LogP contribution is 2.36. The van der Waals surface area contributed by atoms with Crippen LogP contribution in [-0.4, -0.2) is 49.4 Å². The lowest BCUT2D eigenvalue weighted by molar-refractivity contribution is 0.0663. The maximum Gasteiger partial charge on any atom is 0.356 e. The van der Waals surface area contributed by atoms with Crippen molar-refractivity contribution in [2.45, 2.75) is 18.2 Å². The fraction of sp³-hybridized carbons (Fsp3) is 0.294. The van der Waals surface area contributed by atoms with Gasteiger partial charge in [0.1, 0.15) is 5.69 Å². The number of hydrogen-bond acceptors (Lipinski definition) is 5. The van der Waals surface area contributed by atoms with E-state index in [0.29, 0.717) is 6.54 Å². The first-order valence-corrected chi connectivity index (χ1v) is 8.65. The molecule has 1 aromatic heterocycles. The van der Waals surface area contributed by atoms with E-state index in [-0.39, 0.29) is 28.6 Å². The normalized spacial score (nSPS) is 20.6. The number of thioether (sulfide) groups is 1. The van der Waals surface area contributed by atoms with E-state index in [9.17, 15) is 9.59 Å². The van der Waals surface area contributed by atoms with Crippen LogP contribution >= 0.6 is 11.8 Å². The average molecular weight is 343 g/mol. The van der Waals surface area contributed by atoms with Gasteiger partial charge in [-0.05, 0) is 5.56 Å². The van der Waals surface area contributed by atoms with E-state index in [4.69, 9.17) is 5.11 Å². The molecular weight excluding hydrogens is 326 g/mol. The summed E-state index contributed by atoms with van der Waals surface area (Å²) in [6, 6.07) is 9.88. The van der Waals surface area contributed by atoms with Gasteiger partial charge in [0.25, 0.3) is 5.91 Å². The molecule has 24 heavy (non-hydrogen) atoms. The molecule has 2 heterocycles. The Morgan fingerprint density at radius 2 is 1.83 bits per heavy atom. The van der Waals surface area contributed by atoms with E-state index in [1.165, 1.54) is 6.20 Å². The van der Waals surface area contributed by atoms with Crippen LogP contribution in [0.2, 0.25) is 0 Å². The first-order valence-electron chi connectivity index (χ1n) is 7.61. The SMILES string of the molecule is CC1SCCN(C(=O)c2cnc(C(=O)O)cn2)C1c1ccccc1. The zero-order chi connectivity index (χ0) is 17.1. The molecule has 0 bridgehead atoms. The minimum atomic E-state index is -1.16. The minimum absolute atomic E-state index is 0.0431. The standard InChI is InChI=1S/C17H17N3O3S/c1-11-15(12-5-3-2-4-6-12)20(7-8-24-11)16(21)13-9-19-14(10-18-13)17(22)23/h2-6,9-11,15H,7-8H2,1H3,(H,22,23). The van der Waals surface area contributed by atoms with Crippen LogP contribution in [-0.2, 0) is 0 Å². The van der Waals surface area contributed by atoms with Gasteiger partial charge in [0, 0.05) is 17.5 Å². The van der Waals surface area contributed by atoms with Gasteiger partial charge < -0.3 is 10.0 Å². The lowest BCUT2D eigenvalue weighted by Gasteiger charge is -2.39. The van der Waals surface area contributed by atoms with Gasteiger partial charge in [-0.1, -0.05) is 37.3 Å². The van der Waals surface area contributed by atoms with E-state index < -0.39 is 5.97 Å². The average Bonchev–Trinajstić information content (AvgIpc) is 2.61. The molecule has 1 saturated heterocycles. The van der Waals surface area contributed by atoms with Crippen molar-refractivity contribution in [2.24, 2.45) is 0 Å². The van der Waals surface area contributed by atoms with Gasteiger partial charge >= 0.3 is 5.97 Å². The molecule has 0 spiro atoms. The largest absolute Gasteiger partial charge is 0.476 e. The lowest BCUT2D eigenvalue weighted by Crippen LogP contribution is -2.44. The van der Waals surface area contributed by atoms with E-state index >= 15 is 0 Å². The highest BCUT2D eigenvalue weighted by molar-refractivity contribution is 8.00. The Labute approximate surface area is 143 Å². The molecule has 2 aromatic rings. The van der Waals surface area contributed by atoms with Crippen LogP contribution in [0.5, 0.6) is 0 Å². The number of hydrogen-bond donors (Lipinski definition) is 1. The molecule has 6 nitrogen and oxygen atoms in total. The third-order valence-corrected chi connectivity index (χ3v) is 5.19. The first kappa shape index (κ1) is 16.4. The number of rotatable bonds is 3. The van der Waals surface area contributed by atoms with Crippen molar-refractivity contribution in [3.63, 3.8) is 0 Å². The van der Waals surface area contributed by atoms with Crippen molar-refractivity contribution in [2.75, 3.05) is 12.3 Å². The molecule has 0 saturated carbocycles. The van der Waals surface area contributed by atoms with E-state index in [0.717, 1.165) is 17.5 Å². The summed E-state index contributed by atoms with van der Waals surface area (Å²) in [5, 5.41) is 9.15. The minimum Gasteiger partial charge on any atom is -0.476 e. The molecule has 1 aliphatic heterocycles. The van der Waals surface area contributed by atoms with E-state index in [1.54, 1.807) is 4.90 Å². The second-order valence-electron chi connectivity index (χ2n) is 5.52. The molecule has 1 aromatic carbocycles. The number of carboxylic acid groups (broad SMARTS) is 1. The van der Waals surface area contributed by atoms with Crippen LogP contribution in [0.15, 0.2) is 42.7 Å². The molecule has 1 N–H and O–H groups in total. The lowest BCUT2D eigenvalue weighted by atomic mass is 10.0. The molecule has 1 amide bonds. The summed E-state index contributed by atoms with van der Waals surface area (Å²) in [5.41, 5.74) is 1.08. The predicted molar refractivity (Wildman–Crippen MR) is 91.1 cm³/mol. The summed E-state index contributed by atoms with van der Waals surface area (Å²) in [5.74, 6) is -0.524. The second-order valence-corrected chi connectivity index (χ2v) is 7.01. The molecule has 1 aliphatic rings. The second kappa shape index (κ2) is 7.00. The maximum atomic E-state index is 12.9. The quantitative estimate of drug-likeness (QED) is 0.922. The molecule has 3 rings (SSSR count). The topological polar surface area (TPSA) is 83.4 Å². The predicted octanol–water partition coefficient (Wildman–Crippen LogP) is 2.49. The molecule has 7 heteroatoms. The number of aromatic nitrogens is 2. The smallest absolute Gasteiger partial charge is 0.356 e. The van der Waals surface area contributed by atoms with E-state index in [2.05, 4.69) is 16.9 Å². The number of nitrogens with zero attached hydrogens (tertiary/aromatic N) is 3. The maximum absolute atomic E-state index is 12.9. The van der Waals surface area contributed by atoms with Gasteiger partial charge in [-0.25, -0.2) is 14.8 Å². The summed E-state index contributed by atoms with van der Waals surface area (Å²) in [6.45, 7) is 2.73. The highest BCUT2D eigenvalue weighted by Gasteiger charge is 2.34. The fourth-order valence-electron chi connectivity index (χ4n) is 2.85. The first-order chi connectivity index (χ1) is 11.6. The van der Waals surface area contributed by atoms with Crippen molar-refractivity contribution >= 4 is 23.6 Å². The summed E-state index contributed by atoms with van der Waals surface area (Å²) < 4.78 is 0. The molecule has 2 atom stereocenters. The van der Waals surface area contributed by atoms with Crippen molar-refractivity contribution in [3.05, 3.63) is 59.7 Å². The van der Waals surface area contributed by atoms with Gasteiger partial charge in [-0.3, -0.25) is 4.79 Å². The van der Waals surface area contributed by atoms with Crippen LogP contribution in [0, 0.1) is 0 Å². The zero-order valence-corrected chi connectivity index (χ0v) is 13.9. The van der Waals surface area contributed by atoms with Crippen molar-refractivity contribution in [3.8, 4) is 0 Å². The Morgan fingerprint density at radius 1 is 1.17 bits per heavy atom. The Kier molecular flexibility index (Phi) is 4.80. The van der Waals surface area contributed by atoms with Crippen molar-refractivity contribution in [1.82, 2.24) is 14.9 Å². The number of carbonyl (C=O) groups is 2. The number of benzene rings is 1.